The SMILES string of the molecule is CC(NCCN)c1ccc(O)c(CN2CCCCC2)c1. The van der Waals surface area contributed by atoms with Crippen molar-refractivity contribution < 1.29 is 5.11 Å². The Bertz CT molecular complexity index is 416. The number of nitrogens with zero attached hydrogens (tertiary/aromatic N) is 1. The second-order valence-corrected chi connectivity index (χ2v) is 5.69. The third kappa shape index (κ3) is 4.20. The van der Waals surface area contributed by atoms with Gasteiger partial charge in [0.1, 0.15) is 5.75 Å². The molecule has 0 spiro atoms. The first-order chi connectivity index (χ1) is 9.70. The fourth-order valence-corrected chi connectivity index (χ4v) is 2.78. The van der Waals surface area contributed by atoms with Gasteiger partial charge in [-0.05, 0) is 50.6 Å². The fourth-order valence-electron chi connectivity index (χ4n) is 2.78. The number of hydrogen-bond acceptors (Lipinski definition) is 4. The highest BCUT2D eigenvalue weighted by atomic mass is 16.3. The number of benzene rings is 1. The van der Waals surface area contributed by atoms with Crippen molar-refractivity contribution in [1.29, 1.82) is 0 Å². The van der Waals surface area contributed by atoms with E-state index in [-0.39, 0.29) is 6.04 Å². The highest BCUT2D eigenvalue weighted by molar-refractivity contribution is 5.37. The normalized spacial score (nSPS) is 18.1. The van der Waals surface area contributed by atoms with Gasteiger partial charge in [-0.1, -0.05) is 12.5 Å². The Kier molecular flexibility index (Phi) is 5.83. The van der Waals surface area contributed by atoms with Crippen LogP contribution in [0.25, 0.3) is 0 Å². The molecule has 1 fully saturated rings. The average molecular weight is 277 g/mol. The van der Waals surface area contributed by atoms with Crippen LogP contribution in [0.1, 0.15) is 43.4 Å². The van der Waals surface area contributed by atoms with Crippen LogP contribution >= 0.6 is 0 Å². The van der Waals surface area contributed by atoms with Crippen LogP contribution in [-0.4, -0.2) is 36.2 Å². The molecule has 4 heteroatoms. The van der Waals surface area contributed by atoms with Gasteiger partial charge in [-0.15, -0.1) is 0 Å². The number of phenols is 1. The number of piperidine rings is 1. The second kappa shape index (κ2) is 7.62. The molecule has 1 heterocycles. The van der Waals surface area contributed by atoms with Crippen molar-refractivity contribution in [2.75, 3.05) is 26.2 Å². The summed E-state index contributed by atoms with van der Waals surface area (Å²) >= 11 is 0. The maximum atomic E-state index is 10.1. The number of phenolic OH excluding ortho intramolecular Hbond substituents is 1. The minimum atomic E-state index is 0.263. The molecule has 1 unspecified atom stereocenters. The van der Waals surface area contributed by atoms with Crippen molar-refractivity contribution in [1.82, 2.24) is 10.2 Å². The molecule has 0 saturated carbocycles. The van der Waals surface area contributed by atoms with Gasteiger partial charge in [-0.25, -0.2) is 0 Å². The topological polar surface area (TPSA) is 61.5 Å². The Morgan fingerprint density at radius 1 is 1.30 bits per heavy atom. The van der Waals surface area contributed by atoms with Crippen molar-refractivity contribution in [3.63, 3.8) is 0 Å². The summed E-state index contributed by atoms with van der Waals surface area (Å²) in [6.07, 6.45) is 3.88. The van der Waals surface area contributed by atoms with Gasteiger partial charge < -0.3 is 16.2 Å². The van der Waals surface area contributed by atoms with Crippen LogP contribution in [0.15, 0.2) is 18.2 Å². The lowest BCUT2D eigenvalue weighted by Crippen LogP contribution is -2.29. The highest BCUT2D eigenvalue weighted by Gasteiger charge is 2.14. The third-order valence-corrected chi connectivity index (χ3v) is 4.04. The number of rotatable bonds is 6. The Hall–Kier alpha value is -1.10. The second-order valence-electron chi connectivity index (χ2n) is 5.69. The molecule has 1 atom stereocenters. The average Bonchev–Trinajstić information content (AvgIpc) is 2.48. The quantitative estimate of drug-likeness (QED) is 0.744. The monoisotopic (exact) mass is 277 g/mol. The number of likely N-dealkylation sites (tertiary alicyclic amines) is 1. The summed E-state index contributed by atoms with van der Waals surface area (Å²) < 4.78 is 0. The van der Waals surface area contributed by atoms with Crippen LogP contribution in [0, 0.1) is 0 Å². The predicted octanol–water partition coefficient (Wildman–Crippen LogP) is 1.99. The molecule has 0 radical (unpaired) electrons. The summed E-state index contributed by atoms with van der Waals surface area (Å²) in [6, 6.07) is 6.19. The molecular weight excluding hydrogens is 250 g/mol. The highest BCUT2D eigenvalue weighted by Crippen LogP contribution is 2.24. The smallest absolute Gasteiger partial charge is 0.120 e. The third-order valence-electron chi connectivity index (χ3n) is 4.04. The zero-order chi connectivity index (χ0) is 14.4. The Balaban J connectivity index is 2.03. The number of aromatic hydroxyl groups is 1. The standard InChI is InChI=1S/C16H27N3O/c1-13(18-8-7-17)14-5-6-16(20)15(11-14)12-19-9-3-2-4-10-19/h5-6,11,13,18,20H,2-4,7-10,12,17H2,1H3. The molecule has 4 nitrogen and oxygen atoms in total. The van der Waals surface area contributed by atoms with E-state index in [1.54, 1.807) is 0 Å². The first kappa shape index (κ1) is 15.3. The van der Waals surface area contributed by atoms with Gasteiger partial charge in [0.2, 0.25) is 0 Å². The summed E-state index contributed by atoms with van der Waals surface area (Å²) in [6.45, 7) is 6.72. The van der Waals surface area contributed by atoms with Gasteiger partial charge in [0, 0.05) is 31.2 Å². The van der Waals surface area contributed by atoms with E-state index < -0.39 is 0 Å². The number of nitrogens with two attached hydrogens (primary N) is 1. The van der Waals surface area contributed by atoms with Crippen LogP contribution in [0.4, 0.5) is 0 Å². The summed E-state index contributed by atoms with van der Waals surface area (Å²) in [7, 11) is 0. The lowest BCUT2D eigenvalue weighted by atomic mass is 10.0. The summed E-state index contributed by atoms with van der Waals surface area (Å²) in [4.78, 5) is 2.43. The van der Waals surface area contributed by atoms with E-state index in [2.05, 4.69) is 23.2 Å². The van der Waals surface area contributed by atoms with E-state index in [4.69, 9.17) is 5.73 Å². The van der Waals surface area contributed by atoms with E-state index in [1.807, 2.05) is 12.1 Å². The van der Waals surface area contributed by atoms with Gasteiger partial charge in [-0.3, -0.25) is 4.90 Å². The largest absolute Gasteiger partial charge is 0.508 e. The first-order valence-corrected chi connectivity index (χ1v) is 7.68. The van der Waals surface area contributed by atoms with E-state index in [0.29, 0.717) is 12.3 Å². The molecule has 1 aliphatic rings. The molecular formula is C16H27N3O. The van der Waals surface area contributed by atoms with E-state index >= 15 is 0 Å². The molecule has 20 heavy (non-hydrogen) atoms. The lowest BCUT2D eigenvalue weighted by Gasteiger charge is -2.27. The number of nitrogens with one attached hydrogen (secondary N) is 1. The van der Waals surface area contributed by atoms with Crippen molar-refractivity contribution in [2.45, 2.75) is 38.8 Å². The fraction of sp³-hybridized carbons (Fsp3) is 0.625. The van der Waals surface area contributed by atoms with Crippen LogP contribution in [0.5, 0.6) is 5.75 Å². The lowest BCUT2D eigenvalue weighted by molar-refractivity contribution is 0.218. The van der Waals surface area contributed by atoms with Crippen LogP contribution in [0.2, 0.25) is 0 Å². The molecule has 4 N–H and O–H groups in total. The number of hydrogen-bond donors (Lipinski definition) is 3. The maximum absolute atomic E-state index is 10.1. The van der Waals surface area contributed by atoms with Gasteiger partial charge >= 0.3 is 0 Å². The van der Waals surface area contributed by atoms with E-state index in [1.165, 1.54) is 24.8 Å². The van der Waals surface area contributed by atoms with Crippen molar-refractivity contribution >= 4 is 0 Å². The van der Waals surface area contributed by atoms with Gasteiger partial charge in [0.25, 0.3) is 0 Å². The molecule has 112 valence electrons. The van der Waals surface area contributed by atoms with Crippen molar-refractivity contribution in [3.8, 4) is 5.75 Å². The molecule has 2 rings (SSSR count). The Labute approximate surface area is 122 Å². The molecule has 1 aromatic rings. The summed E-state index contributed by atoms with van der Waals surface area (Å²) in [5.74, 6) is 0.408. The molecule has 1 aliphatic heterocycles. The zero-order valence-electron chi connectivity index (χ0n) is 12.4. The molecule has 1 saturated heterocycles. The maximum Gasteiger partial charge on any atom is 0.120 e. The molecule has 0 aliphatic carbocycles. The van der Waals surface area contributed by atoms with Crippen LogP contribution < -0.4 is 11.1 Å². The van der Waals surface area contributed by atoms with Crippen molar-refractivity contribution in [2.24, 2.45) is 5.73 Å². The first-order valence-electron chi connectivity index (χ1n) is 7.68. The van der Waals surface area contributed by atoms with E-state index in [9.17, 15) is 5.11 Å². The minimum Gasteiger partial charge on any atom is -0.508 e. The van der Waals surface area contributed by atoms with Crippen LogP contribution in [-0.2, 0) is 6.54 Å². The Morgan fingerprint density at radius 3 is 2.75 bits per heavy atom. The molecule has 0 amide bonds. The Morgan fingerprint density at radius 2 is 2.05 bits per heavy atom. The van der Waals surface area contributed by atoms with Gasteiger partial charge in [-0.2, -0.15) is 0 Å². The molecule has 0 aromatic heterocycles. The summed E-state index contributed by atoms with van der Waals surface area (Å²) in [5.41, 5.74) is 7.77. The summed E-state index contributed by atoms with van der Waals surface area (Å²) in [5, 5.41) is 13.4. The zero-order valence-corrected chi connectivity index (χ0v) is 12.4. The predicted molar refractivity (Wildman–Crippen MR) is 82.7 cm³/mol. The van der Waals surface area contributed by atoms with Crippen LogP contribution in [0.3, 0.4) is 0 Å². The molecule has 1 aromatic carbocycles. The van der Waals surface area contributed by atoms with Gasteiger partial charge in [0.05, 0.1) is 0 Å². The molecule has 0 bridgehead atoms. The van der Waals surface area contributed by atoms with E-state index in [0.717, 1.165) is 31.7 Å². The minimum absolute atomic E-state index is 0.263. The van der Waals surface area contributed by atoms with Gasteiger partial charge in [0.15, 0.2) is 0 Å². The van der Waals surface area contributed by atoms with Crippen molar-refractivity contribution in [3.05, 3.63) is 29.3 Å².